The van der Waals surface area contributed by atoms with E-state index in [2.05, 4.69) is 0 Å². The molecule has 0 saturated carbocycles. The molecule has 23 heavy (non-hydrogen) atoms. The molecule has 1 saturated heterocycles. The Kier molecular flexibility index (Phi) is 5.56. The Balaban J connectivity index is 2.23. The molecular formula is C15H18ClFN2O4. The average molecular weight is 345 g/mol. The summed E-state index contributed by atoms with van der Waals surface area (Å²) in [4.78, 5) is 25.3. The number of nitrogens with two attached hydrogens (primary N) is 1. The Morgan fingerprint density at radius 3 is 2.91 bits per heavy atom. The summed E-state index contributed by atoms with van der Waals surface area (Å²) >= 11 is 5.72. The van der Waals surface area contributed by atoms with Crippen LogP contribution in [0.3, 0.4) is 0 Å². The smallest absolute Gasteiger partial charge is 0.257 e. The van der Waals surface area contributed by atoms with E-state index < -0.39 is 23.2 Å². The van der Waals surface area contributed by atoms with E-state index in [0.717, 1.165) is 0 Å². The molecule has 1 aromatic carbocycles. The number of ether oxygens (including phenoxy) is 2. The Morgan fingerprint density at radius 2 is 2.26 bits per heavy atom. The third-order valence-corrected chi connectivity index (χ3v) is 3.91. The van der Waals surface area contributed by atoms with Gasteiger partial charge in [0.1, 0.15) is 5.60 Å². The van der Waals surface area contributed by atoms with Gasteiger partial charge in [0, 0.05) is 13.7 Å². The van der Waals surface area contributed by atoms with Crippen molar-refractivity contribution in [3.63, 3.8) is 0 Å². The summed E-state index contributed by atoms with van der Waals surface area (Å²) in [6.45, 7) is 0.645. The number of halogens is 2. The largest absolute Gasteiger partial charge is 0.382 e. The van der Waals surface area contributed by atoms with Gasteiger partial charge in [-0.3, -0.25) is 9.59 Å². The highest BCUT2D eigenvalue weighted by molar-refractivity contribution is 6.31. The number of amides is 2. The lowest BCUT2D eigenvalue weighted by Crippen LogP contribution is -2.57. The van der Waals surface area contributed by atoms with Crippen molar-refractivity contribution in [2.24, 2.45) is 5.73 Å². The van der Waals surface area contributed by atoms with Crippen LogP contribution in [0.2, 0.25) is 5.02 Å². The maximum atomic E-state index is 14.0. The summed E-state index contributed by atoms with van der Waals surface area (Å²) < 4.78 is 24.8. The van der Waals surface area contributed by atoms with Gasteiger partial charge in [-0.15, -0.1) is 0 Å². The van der Waals surface area contributed by atoms with Gasteiger partial charge in [0.05, 0.1) is 36.8 Å². The summed E-state index contributed by atoms with van der Waals surface area (Å²) in [5.41, 5.74) is 4.12. The molecule has 2 N–H and O–H groups in total. The number of nitrogens with zero attached hydrogens (tertiary/aromatic N) is 1. The molecule has 1 aliphatic heterocycles. The molecule has 6 nitrogen and oxygen atoms in total. The van der Waals surface area contributed by atoms with E-state index in [0.29, 0.717) is 0 Å². The average Bonchev–Trinajstić information content (AvgIpc) is 2.49. The number of morpholine rings is 1. The van der Waals surface area contributed by atoms with E-state index in [9.17, 15) is 14.0 Å². The normalized spacial score (nSPS) is 21.3. The van der Waals surface area contributed by atoms with Gasteiger partial charge in [-0.25, -0.2) is 4.39 Å². The van der Waals surface area contributed by atoms with Crippen molar-refractivity contribution in [2.45, 2.75) is 12.0 Å². The van der Waals surface area contributed by atoms with Gasteiger partial charge < -0.3 is 20.1 Å². The molecule has 0 aromatic heterocycles. The highest BCUT2D eigenvalue weighted by atomic mass is 35.5. The fourth-order valence-electron chi connectivity index (χ4n) is 2.68. The molecule has 1 heterocycles. The second kappa shape index (κ2) is 7.25. The van der Waals surface area contributed by atoms with E-state index >= 15 is 0 Å². The Morgan fingerprint density at radius 1 is 1.52 bits per heavy atom. The SMILES string of the molecule is COC[C@]1(CC(N)=O)CN(C(=O)c2cccc(Cl)c2F)CCO1. The maximum Gasteiger partial charge on any atom is 0.257 e. The number of primary amides is 1. The molecule has 1 atom stereocenters. The quantitative estimate of drug-likeness (QED) is 0.870. The molecule has 1 fully saturated rings. The first kappa shape index (κ1) is 17.7. The van der Waals surface area contributed by atoms with Crippen LogP contribution in [0, 0.1) is 5.82 Å². The van der Waals surface area contributed by atoms with Crippen LogP contribution in [0.1, 0.15) is 16.8 Å². The highest BCUT2D eigenvalue weighted by Gasteiger charge is 2.40. The summed E-state index contributed by atoms with van der Waals surface area (Å²) in [7, 11) is 1.46. The maximum absolute atomic E-state index is 14.0. The molecule has 2 amide bonds. The molecule has 0 radical (unpaired) electrons. The molecule has 0 spiro atoms. The van der Waals surface area contributed by atoms with Gasteiger partial charge in [0.2, 0.25) is 5.91 Å². The third kappa shape index (κ3) is 3.99. The van der Waals surface area contributed by atoms with Crippen LogP contribution in [-0.4, -0.2) is 55.7 Å². The van der Waals surface area contributed by atoms with Gasteiger partial charge in [-0.2, -0.15) is 0 Å². The van der Waals surface area contributed by atoms with Gasteiger partial charge >= 0.3 is 0 Å². The predicted molar refractivity (Wildman–Crippen MR) is 81.7 cm³/mol. The fraction of sp³-hybridized carbons (Fsp3) is 0.467. The zero-order valence-corrected chi connectivity index (χ0v) is 13.4. The first-order valence-electron chi connectivity index (χ1n) is 7.03. The lowest BCUT2D eigenvalue weighted by molar-refractivity contribution is -0.148. The van der Waals surface area contributed by atoms with E-state index in [1.165, 1.54) is 30.2 Å². The number of hydrogen-bond donors (Lipinski definition) is 1. The van der Waals surface area contributed by atoms with Gasteiger partial charge in [-0.05, 0) is 12.1 Å². The van der Waals surface area contributed by atoms with Crippen LogP contribution in [-0.2, 0) is 14.3 Å². The van der Waals surface area contributed by atoms with Gasteiger partial charge in [0.15, 0.2) is 5.82 Å². The summed E-state index contributed by atoms with van der Waals surface area (Å²) in [5, 5.41) is -0.121. The van der Waals surface area contributed by atoms with Crippen LogP contribution in [0.4, 0.5) is 4.39 Å². The van der Waals surface area contributed by atoms with Crippen LogP contribution < -0.4 is 5.73 Å². The lowest BCUT2D eigenvalue weighted by Gasteiger charge is -2.41. The minimum Gasteiger partial charge on any atom is -0.382 e. The van der Waals surface area contributed by atoms with Crippen LogP contribution >= 0.6 is 11.6 Å². The lowest BCUT2D eigenvalue weighted by atomic mass is 9.97. The molecule has 8 heteroatoms. The topological polar surface area (TPSA) is 81.9 Å². The van der Waals surface area contributed by atoms with E-state index in [-0.39, 0.29) is 43.3 Å². The summed E-state index contributed by atoms with van der Waals surface area (Å²) in [6.07, 6.45) is -0.0946. The van der Waals surface area contributed by atoms with Crippen molar-refractivity contribution in [1.82, 2.24) is 4.90 Å². The van der Waals surface area contributed by atoms with Crippen molar-refractivity contribution in [3.8, 4) is 0 Å². The molecule has 0 aliphatic carbocycles. The minimum atomic E-state index is -1.02. The number of hydrogen-bond acceptors (Lipinski definition) is 4. The van der Waals surface area contributed by atoms with Crippen LogP contribution in [0.5, 0.6) is 0 Å². The fourth-order valence-corrected chi connectivity index (χ4v) is 2.86. The number of carbonyl (C=O) groups excluding carboxylic acids is 2. The van der Waals surface area contributed by atoms with Crippen molar-refractivity contribution >= 4 is 23.4 Å². The number of carbonyl (C=O) groups is 2. The molecule has 1 aliphatic rings. The van der Waals surface area contributed by atoms with Crippen LogP contribution in [0.15, 0.2) is 18.2 Å². The molecule has 126 valence electrons. The minimum absolute atomic E-state index is 0.0779. The molecular weight excluding hydrogens is 327 g/mol. The monoisotopic (exact) mass is 344 g/mol. The van der Waals surface area contributed by atoms with Crippen molar-refractivity contribution < 1.29 is 23.5 Å². The van der Waals surface area contributed by atoms with Gasteiger partial charge in [-0.1, -0.05) is 17.7 Å². The molecule has 0 bridgehead atoms. The predicted octanol–water partition coefficient (Wildman–Crippen LogP) is 1.21. The summed E-state index contributed by atoms with van der Waals surface area (Å²) in [5.74, 6) is -1.85. The number of methoxy groups -OCH3 is 1. The zero-order valence-electron chi connectivity index (χ0n) is 12.7. The van der Waals surface area contributed by atoms with E-state index in [1.54, 1.807) is 0 Å². The Labute approximate surface area is 138 Å². The van der Waals surface area contributed by atoms with Crippen molar-refractivity contribution in [1.29, 1.82) is 0 Å². The molecule has 1 aromatic rings. The Bertz CT molecular complexity index is 609. The van der Waals surface area contributed by atoms with Gasteiger partial charge in [0.25, 0.3) is 5.91 Å². The number of rotatable bonds is 5. The second-order valence-corrected chi connectivity index (χ2v) is 5.84. The summed E-state index contributed by atoms with van der Waals surface area (Å²) in [6, 6.07) is 4.24. The van der Waals surface area contributed by atoms with E-state index in [1.807, 2.05) is 0 Å². The first-order valence-corrected chi connectivity index (χ1v) is 7.41. The first-order chi connectivity index (χ1) is 10.9. The van der Waals surface area contributed by atoms with Crippen molar-refractivity contribution in [2.75, 3.05) is 33.4 Å². The van der Waals surface area contributed by atoms with Crippen LogP contribution in [0.25, 0.3) is 0 Å². The number of benzene rings is 1. The van der Waals surface area contributed by atoms with Crippen molar-refractivity contribution in [3.05, 3.63) is 34.6 Å². The third-order valence-electron chi connectivity index (χ3n) is 3.62. The second-order valence-electron chi connectivity index (χ2n) is 5.44. The highest BCUT2D eigenvalue weighted by Crippen LogP contribution is 2.25. The Hall–Kier alpha value is -1.70. The zero-order chi connectivity index (χ0) is 17.0. The standard InChI is InChI=1S/C15H18ClFN2O4/c1-22-9-15(7-12(18)20)8-19(5-6-23-15)14(21)10-3-2-4-11(16)13(10)17/h2-4H,5-9H2,1H3,(H2,18,20)/t15-/m0/s1. The molecule has 0 unspecified atom stereocenters. The molecule has 2 rings (SSSR count). The van der Waals surface area contributed by atoms with E-state index in [4.69, 9.17) is 26.8 Å².